The molecule has 6 nitrogen and oxygen atoms in total. The number of benzene rings is 1. The Morgan fingerprint density at radius 2 is 1.94 bits per heavy atom. The molecule has 32 heavy (non-hydrogen) atoms. The predicted molar refractivity (Wildman–Crippen MR) is 118 cm³/mol. The average molecular weight is 445 g/mol. The Bertz CT molecular complexity index is 1000. The summed E-state index contributed by atoms with van der Waals surface area (Å²) < 4.78 is 32.6. The van der Waals surface area contributed by atoms with Crippen molar-refractivity contribution in [2.24, 2.45) is 0 Å². The summed E-state index contributed by atoms with van der Waals surface area (Å²) in [6, 6.07) is 5.60. The van der Waals surface area contributed by atoms with E-state index in [0.717, 1.165) is 61.3 Å². The molecular weight excluding hydrogens is 414 g/mol. The van der Waals surface area contributed by atoms with Gasteiger partial charge in [-0.15, -0.1) is 0 Å². The Labute approximate surface area is 187 Å². The molecule has 5 rings (SSSR count). The second-order valence-electron chi connectivity index (χ2n) is 9.10. The summed E-state index contributed by atoms with van der Waals surface area (Å²) in [6.45, 7) is 0.779. The molecule has 8 heteroatoms. The first-order valence-corrected chi connectivity index (χ1v) is 11.7. The minimum absolute atomic E-state index is 0.0682. The van der Waals surface area contributed by atoms with Gasteiger partial charge < -0.3 is 14.5 Å². The van der Waals surface area contributed by atoms with Crippen LogP contribution in [0, 0.1) is 0 Å². The first-order chi connectivity index (χ1) is 15.5. The monoisotopic (exact) mass is 444 g/mol. The Morgan fingerprint density at radius 3 is 2.69 bits per heavy atom. The standard InChI is InChI=1S/C24H30F2N4O2/c1-16(31)28-13-11-21-20(15-28)23(27-30(21)18-7-3-2-4-8-18)29-12-5-6-17-9-10-19(14-22(17)29)32-24(25)26/h9-10,14,18,24H,2-8,11-13,15H2,1H3. The zero-order valence-electron chi connectivity index (χ0n) is 18.5. The predicted octanol–water partition coefficient (Wildman–Crippen LogP) is 4.98. The van der Waals surface area contributed by atoms with Crippen molar-refractivity contribution >= 4 is 17.4 Å². The molecule has 0 spiro atoms. The van der Waals surface area contributed by atoms with E-state index in [1.54, 1.807) is 19.1 Å². The number of alkyl halides is 2. The highest BCUT2D eigenvalue weighted by atomic mass is 19.3. The van der Waals surface area contributed by atoms with Gasteiger partial charge in [-0.2, -0.15) is 13.9 Å². The molecule has 2 aliphatic heterocycles. The lowest BCUT2D eigenvalue weighted by Crippen LogP contribution is -2.35. The molecule has 1 amide bonds. The summed E-state index contributed by atoms with van der Waals surface area (Å²) in [5.41, 5.74) is 4.32. The maximum Gasteiger partial charge on any atom is 0.387 e. The number of amides is 1. The zero-order valence-corrected chi connectivity index (χ0v) is 18.5. The molecule has 1 aromatic carbocycles. The van der Waals surface area contributed by atoms with Gasteiger partial charge in [0, 0.05) is 49.4 Å². The molecule has 1 saturated carbocycles. The molecule has 0 bridgehead atoms. The molecule has 3 aliphatic rings. The van der Waals surface area contributed by atoms with E-state index in [1.165, 1.54) is 25.0 Å². The number of ether oxygens (including phenoxy) is 1. The van der Waals surface area contributed by atoms with Crippen molar-refractivity contribution in [3.8, 4) is 5.75 Å². The van der Waals surface area contributed by atoms with Crippen LogP contribution in [0.2, 0.25) is 0 Å². The van der Waals surface area contributed by atoms with Crippen LogP contribution < -0.4 is 9.64 Å². The highest BCUT2D eigenvalue weighted by molar-refractivity contribution is 5.75. The molecule has 2 aromatic rings. The number of fused-ring (bicyclic) bond motifs is 2. The molecule has 3 heterocycles. The maximum absolute atomic E-state index is 12.8. The summed E-state index contributed by atoms with van der Waals surface area (Å²) in [6.07, 6.45) is 8.63. The van der Waals surface area contributed by atoms with E-state index in [2.05, 4.69) is 14.3 Å². The van der Waals surface area contributed by atoms with Crippen molar-refractivity contribution < 1.29 is 18.3 Å². The van der Waals surface area contributed by atoms with Gasteiger partial charge in [0.1, 0.15) is 5.75 Å². The van der Waals surface area contributed by atoms with Crippen LogP contribution in [-0.4, -0.2) is 40.3 Å². The molecule has 1 aliphatic carbocycles. The van der Waals surface area contributed by atoms with Crippen molar-refractivity contribution in [3.05, 3.63) is 35.0 Å². The quantitative estimate of drug-likeness (QED) is 0.668. The van der Waals surface area contributed by atoms with Crippen LogP contribution in [-0.2, 0) is 24.2 Å². The minimum atomic E-state index is -2.85. The fraction of sp³-hybridized carbons (Fsp3) is 0.583. The smallest absolute Gasteiger partial charge is 0.387 e. The maximum atomic E-state index is 12.8. The van der Waals surface area contributed by atoms with Crippen molar-refractivity contribution in [1.82, 2.24) is 14.7 Å². The van der Waals surface area contributed by atoms with Gasteiger partial charge in [-0.3, -0.25) is 9.48 Å². The molecule has 0 radical (unpaired) electrons. The highest BCUT2D eigenvalue weighted by Crippen LogP contribution is 2.41. The van der Waals surface area contributed by atoms with Crippen LogP contribution in [0.5, 0.6) is 5.75 Å². The molecule has 0 saturated heterocycles. The van der Waals surface area contributed by atoms with Gasteiger partial charge in [0.05, 0.1) is 12.6 Å². The summed E-state index contributed by atoms with van der Waals surface area (Å²) in [5, 5.41) is 5.14. The van der Waals surface area contributed by atoms with Crippen LogP contribution in [0.25, 0.3) is 0 Å². The van der Waals surface area contributed by atoms with Gasteiger partial charge in [-0.1, -0.05) is 25.3 Å². The van der Waals surface area contributed by atoms with Crippen LogP contribution >= 0.6 is 0 Å². The number of rotatable bonds is 4. The number of carbonyl (C=O) groups excluding carboxylic acids is 1. The van der Waals surface area contributed by atoms with E-state index in [0.29, 0.717) is 19.1 Å². The third kappa shape index (κ3) is 3.95. The van der Waals surface area contributed by atoms with Crippen LogP contribution in [0.15, 0.2) is 18.2 Å². The summed E-state index contributed by atoms with van der Waals surface area (Å²) >= 11 is 0. The van der Waals surface area contributed by atoms with E-state index >= 15 is 0 Å². The Balaban J connectivity index is 1.58. The number of nitrogens with zero attached hydrogens (tertiary/aromatic N) is 4. The fourth-order valence-electron chi connectivity index (χ4n) is 5.49. The average Bonchev–Trinajstić information content (AvgIpc) is 3.17. The second kappa shape index (κ2) is 8.71. The van der Waals surface area contributed by atoms with Crippen molar-refractivity contribution in [2.45, 2.75) is 77.5 Å². The van der Waals surface area contributed by atoms with E-state index in [-0.39, 0.29) is 11.7 Å². The first kappa shape index (κ1) is 21.2. The molecule has 1 aromatic heterocycles. The molecular formula is C24H30F2N4O2. The minimum Gasteiger partial charge on any atom is -0.435 e. The van der Waals surface area contributed by atoms with Crippen LogP contribution in [0.3, 0.4) is 0 Å². The molecule has 0 unspecified atom stereocenters. The van der Waals surface area contributed by atoms with Gasteiger partial charge in [0.25, 0.3) is 0 Å². The number of anilines is 2. The number of carbonyl (C=O) groups is 1. The first-order valence-electron chi connectivity index (χ1n) is 11.7. The summed E-state index contributed by atoms with van der Waals surface area (Å²) in [7, 11) is 0. The number of aromatic nitrogens is 2. The Hall–Kier alpha value is -2.64. The second-order valence-corrected chi connectivity index (χ2v) is 9.10. The number of hydrogen-bond donors (Lipinski definition) is 0. The lowest BCUT2D eigenvalue weighted by Gasteiger charge is -2.32. The molecule has 1 fully saturated rings. The third-order valence-corrected chi connectivity index (χ3v) is 7.09. The van der Waals surface area contributed by atoms with Gasteiger partial charge >= 0.3 is 6.61 Å². The van der Waals surface area contributed by atoms with Gasteiger partial charge in [0.2, 0.25) is 5.91 Å². The number of halogens is 2. The fourth-order valence-corrected chi connectivity index (χ4v) is 5.49. The Morgan fingerprint density at radius 1 is 1.12 bits per heavy atom. The number of aryl methyl sites for hydroxylation is 1. The number of hydrogen-bond acceptors (Lipinski definition) is 4. The van der Waals surface area contributed by atoms with Crippen molar-refractivity contribution in [1.29, 1.82) is 0 Å². The van der Waals surface area contributed by atoms with Gasteiger partial charge in [-0.25, -0.2) is 0 Å². The van der Waals surface area contributed by atoms with Crippen LogP contribution in [0.4, 0.5) is 20.3 Å². The molecule has 172 valence electrons. The van der Waals surface area contributed by atoms with E-state index in [1.807, 2.05) is 11.0 Å². The molecule has 0 N–H and O–H groups in total. The summed E-state index contributed by atoms with van der Waals surface area (Å²) in [4.78, 5) is 16.2. The van der Waals surface area contributed by atoms with E-state index in [4.69, 9.17) is 5.10 Å². The SMILES string of the molecule is CC(=O)N1CCc2c(c(N3CCCc4ccc(OC(F)F)cc43)nn2C2CCCCC2)C1. The zero-order chi connectivity index (χ0) is 22.2. The lowest BCUT2D eigenvalue weighted by atomic mass is 9.95. The normalized spacial score (nSPS) is 19.1. The van der Waals surface area contributed by atoms with E-state index in [9.17, 15) is 13.6 Å². The summed E-state index contributed by atoms with van der Waals surface area (Å²) in [5.74, 6) is 1.10. The van der Waals surface area contributed by atoms with Crippen molar-refractivity contribution in [3.63, 3.8) is 0 Å². The lowest BCUT2D eigenvalue weighted by molar-refractivity contribution is -0.129. The third-order valence-electron chi connectivity index (χ3n) is 7.09. The molecule has 0 atom stereocenters. The van der Waals surface area contributed by atoms with Crippen LogP contribution in [0.1, 0.15) is 68.3 Å². The topological polar surface area (TPSA) is 50.6 Å². The van der Waals surface area contributed by atoms with E-state index < -0.39 is 6.61 Å². The van der Waals surface area contributed by atoms with Gasteiger partial charge in [0.15, 0.2) is 5.82 Å². The Kier molecular flexibility index (Phi) is 5.78. The van der Waals surface area contributed by atoms with Gasteiger partial charge in [-0.05, 0) is 37.3 Å². The van der Waals surface area contributed by atoms with Crippen molar-refractivity contribution in [2.75, 3.05) is 18.0 Å². The highest BCUT2D eigenvalue weighted by Gasteiger charge is 2.33. The largest absolute Gasteiger partial charge is 0.435 e.